The quantitative estimate of drug-likeness (QED) is 0.593. The molecule has 1 amide bonds. The summed E-state index contributed by atoms with van der Waals surface area (Å²) in [6, 6.07) is 15.9. The zero-order valence-electron chi connectivity index (χ0n) is 15.9. The van der Waals surface area contributed by atoms with E-state index < -0.39 is 0 Å². The highest BCUT2D eigenvalue weighted by Crippen LogP contribution is 2.29. The second-order valence-electron chi connectivity index (χ2n) is 7.08. The number of carbonyl (C=O) groups excluding carboxylic acids is 1. The van der Waals surface area contributed by atoms with Crippen molar-refractivity contribution in [1.82, 2.24) is 9.88 Å². The number of hydrogen-bond donors (Lipinski definition) is 1. The van der Waals surface area contributed by atoms with Crippen LogP contribution in [0.2, 0.25) is 5.02 Å². The minimum atomic E-state index is 0. The topological polar surface area (TPSA) is 59.2 Å². The van der Waals surface area contributed by atoms with Crippen LogP contribution in [-0.2, 0) is 6.54 Å². The fourth-order valence-electron chi connectivity index (χ4n) is 3.79. The molecule has 1 aromatic heterocycles. The molecule has 1 aliphatic rings. The minimum Gasteiger partial charge on any atom is -0.339 e. The van der Waals surface area contributed by atoms with Crippen LogP contribution < -0.4 is 5.73 Å². The SMILES string of the molecule is Cl.Cl.NCc1cccc(C2CCN(C(=O)c3cnc4ccc(Cl)cc4c3)CC2)c1. The number of benzene rings is 2. The molecule has 29 heavy (non-hydrogen) atoms. The van der Waals surface area contributed by atoms with E-state index in [1.54, 1.807) is 6.20 Å². The minimum absolute atomic E-state index is 0. The van der Waals surface area contributed by atoms with Crippen LogP contribution >= 0.6 is 36.4 Å². The Morgan fingerprint density at radius 1 is 1.10 bits per heavy atom. The van der Waals surface area contributed by atoms with Gasteiger partial charge in [-0.25, -0.2) is 0 Å². The van der Waals surface area contributed by atoms with E-state index in [2.05, 4.69) is 29.2 Å². The van der Waals surface area contributed by atoms with Gasteiger partial charge in [0.1, 0.15) is 0 Å². The Kier molecular flexibility index (Phi) is 8.29. The van der Waals surface area contributed by atoms with Crippen molar-refractivity contribution in [3.63, 3.8) is 0 Å². The number of carbonyl (C=O) groups is 1. The molecular weight excluding hydrogens is 429 g/mol. The second kappa shape index (κ2) is 10.3. The lowest BCUT2D eigenvalue weighted by molar-refractivity contribution is 0.0713. The molecule has 7 heteroatoms. The van der Waals surface area contributed by atoms with Crippen molar-refractivity contribution < 1.29 is 4.79 Å². The summed E-state index contributed by atoms with van der Waals surface area (Å²) in [5.41, 5.74) is 9.70. The Morgan fingerprint density at radius 3 is 2.59 bits per heavy atom. The summed E-state index contributed by atoms with van der Waals surface area (Å²) in [7, 11) is 0. The molecule has 1 saturated heterocycles. The average Bonchev–Trinajstić information content (AvgIpc) is 2.73. The van der Waals surface area contributed by atoms with Crippen molar-refractivity contribution in [2.24, 2.45) is 5.73 Å². The van der Waals surface area contributed by atoms with Crippen LogP contribution in [0.1, 0.15) is 40.2 Å². The van der Waals surface area contributed by atoms with E-state index in [0.717, 1.165) is 42.4 Å². The summed E-state index contributed by atoms with van der Waals surface area (Å²) in [5.74, 6) is 0.521. The molecule has 2 N–H and O–H groups in total. The summed E-state index contributed by atoms with van der Waals surface area (Å²) < 4.78 is 0. The third kappa shape index (κ3) is 5.20. The molecule has 1 aliphatic heterocycles. The summed E-state index contributed by atoms with van der Waals surface area (Å²) in [5, 5.41) is 1.54. The Hall–Kier alpha value is -1.85. The van der Waals surface area contributed by atoms with Crippen molar-refractivity contribution in [1.29, 1.82) is 0 Å². The van der Waals surface area contributed by atoms with Crippen molar-refractivity contribution in [2.75, 3.05) is 13.1 Å². The molecule has 154 valence electrons. The van der Waals surface area contributed by atoms with E-state index in [1.807, 2.05) is 29.2 Å². The lowest BCUT2D eigenvalue weighted by atomic mass is 9.88. The molecule has 2 heterocycles. The van der Waals surface area contributed by atoms with Gasteiger partial charge >= 0.3 is 0 Å². The Balaban J connectivity index is 0.00000150. The highest BCUT2D eigenvalue weighted by atomic mass is 35.5. The van der Waals surface area contributed by atoms with Gasteiger partial charge in [-0.2, -0.15) is 0 Å². The van der Waals surface area contributed by atoms with Gasteiger partial charge in [-0.3, -0.25) is 9.78 Å². The van der Waals surface area contributed by atoms with Crippen molar-refractivity contribution >= 4 is 53.2 Å². The second-order valence-corrected chi connectivity index (χ2v) is 7.51. The molecule has 1 fully saturated rings. The highest BCUT2D eigenvalue weighted by molar-refractivity contribution is 6.31. The van der Waals surface area contributed by atoms with E-state index in [-0.39, 0.29) is 30.7 Å². The Labute approximate surface area is 188 Å². The van der Waals surface area contributed by atoms with Gasteiger partial charge in [0.15, 0.2) is 0 Å². The van der Waals surface area contributed by atoms with Crippen LogP contribution in [-0.4, -0.2) is 28.9 Å². The van der Waals surface area contributed by atoms with Gasteiger partial charge < -0.3 is 10.6 Å². The Morgan fingerprint density at radius 2 is 1.86 bits per heavy atom. The molecule has 0 aliphatic carbocycles. The van der Waals surface area contributed by atoms with Gasteiger partial charge in [0, 0.05) is 36.2 Å². The number of fused-ring (bicyclic) bond motifs is 1. The summed E-state index contributed by atoms with van der Waals surface area (Å²) in [4.78, 5) is 19.2. The molecule has 0 saturated carbocycles. The third-order valence-corrected chi connectivity index (χ3v) is 5.57. The first-order valence-electron chi connectivity index (χ1n) is 9.27. The number of hydrogen-bond acceptors (Lipinski definition) is 3. The number of nitrogens with two attached hydrogens (primary N) is 1. The van der Waals surface area contributed by atoms with Crippen LogP contribution in [0.15, 0.2) is 54.7 Å². The first kappa shape index (κ1) is 23.4. The van der Waals surface area contributed by atoms with Crippen molar-refractivity contribution in [3.8, 4) is 0 Å². The fraction of sp³-hybridized carbons (Fsp3) is 0.273. The van der Waals surface area contributed by atoms with Crippen LogP contribution in [0.25, 0.3) is 10.9 Å². The molecule has 0 bridgehead atoms. The Bertz CT molecular complexity index is 988. The van der Waals surface area contributed by atoms with E-state index >= 15 is 0 Å². The smallest absolute Gasteiger partial charge is 0.255 e. The lowest BCUT2D eigenvalue weighted by Gasteiger charge is -2.32. The highest BCUT2D eigenvalue weighted by Gasteiger charge is 2.25. The molecule has 3 aromatic rings. The van der Waals surface area contributed by atoms with Gasteiger partial charge in [0.25, 0.3) is 5.91 Å². The van der Waals surface area contributed by atoms with Crippen LogP contribution in [0, 0.1) is 0 Å². The van der Waals surface area contributed by atoms with E-state index in [4.69, 9.17) is 17.3 Å². The molecule has 0 radical (unpaired) electrons. The molecule has 4 rings (SSSR count). The average molecular weight is 453 g/mol. The van der Waals surface area contributed by atoms with Gasteiger partial charge in [-0.1, -0.05) is 35.9 Å². The molecule has 4 nitrogen and oxygen atoms in total. The van der Waals surface area contributed by atoms with Crippen LogP contribution in [0.5, 0.6) is 0 Å². The summed E-state index contributed by atoms with van der Waals surface area (Å²) in [6.07, 6.45) is 3.59. The predicted octanol–water partition coefficient (Wildman–Crippen LogP) is 5.21. The lowest BCUT2D eigenvalue weighted by Crippen LogP contribution is -2.38. The van der Waals surface area contributed by atoms with Crippen molar-refractivity contribution in [2.45, 2.75) is 25.3 Å². The van der Waals surface area contributed by atoms with E-state index in [9.17, 15) is 4.79 Å². The number of piperidine rings is 1. The largest absolute Gasteiger partial charge is 0.339 e. The first-order valence-corrected chi connectivity index (χ1v) is 9.65. The normalized spacial score (nSPS) is 14.2. The van der Waals surface area contributed by atoms with E-state index in [1.165, 1.54) is 5.56 Å². The zero-order chi connectivity index (χ0) is 18.8. The number of rotatable bonds is 3. The standard InChI is InChI=1S/C22H22ClN3O.2ClH/c23-20-4-5-21-18(12-20)11-19(14-25-21)22(27)26-8-6-16(7-9-26)17-3-1-2-15(10-17)13-24;;/h1-5,10-12,14,16H,6-9,13,24H2;2*1H. The molecule has 0 unspecified atom stereocenters. The summed E-state index contributed by atoms with van der Waals surface area (Å²) >= 11 is 6.06. The number of amides is 1. The first-order chi connectivity index (χ1) is 13.1. The molecular formula is C22H24Cl3N3O. The number of halogens is 3. The number of nitrogens with zero attached hydrogens (tertiary/aromatic N) is 2. The molecule has 0 atom stereocenters. The third-order valence-electron chi connectivity index (χ3n) is 5.33. The van der Waals surface area contributed by atoms with Gasteiger partial charge in [0.2, 0.25) is 0 Å². The number of aromatic nitrogens is 1. The predicted molar refractivity (Wildman–Crippen MR) is 123 cm³/mol. The van der Waals surface area contributed by atoms with Gasteiger partial charge in [0.05, 0.1) is 11.1 Å². The van der Waals surface area contributed by atoms with Crippen molar-refractivity contribution in [3.05, 3.63) is 76.4 Å². The summed E-state index contributed by atoms with van der Waals surface area (Å²) in [6.45, 7) is 2.07. The molecule has 0 spiro atoms. The monoisotopic (exact) mass is 451 g/mol. The number of likely N-dealkylation sites (tertiary alicyclic amines) is 1. The van der Waals surface area contributed by atoms with Crippen LogP contribution in [0.3, 0.4) is 0 Å². The van der Waals surface area contributed by atoms with Gasteiger partial charge in [-0.15, -0.1) is 24.8 Å². The van der Waals surface area contributed by atoms with Crippen LogP contribution in [0.4, 0.5) is 0 Å². The zero-order valence-corrected chi connectivity index (χ0v) is 18.3. The maximum atomic E-state index is 12.9. The van der Waals surface area contributed by atoms with Gasteiger partial charge in [-0.05, 0) is 54.2 Å². The maximum Gasteiger partial charge on any atom is 0.255 e. The number of pyridine rings is 1. The van der Waals surface area contributed by atoms with E-state index in [0.29, 0.717) is 23.0 Å². The fourth-order valence-corrected chi connectivity index (χ4v) is 3.97. The molecule has 2 aromatic carbocycles. The maximum absolute atomic E-state index is 12.9.